The number of carboxylic acid groups (broad SMARTS) is 1. The van der Waals surface area contributed by atoms with Crippen LogP contribution in [0.25, 0.3) is 5.70 Å². The first-order chi connectivity index (χ1) is 6.66. The predicted octanol–water partition coefficient (Wildman–Crippen LogP) is -0.0158. The number of aromatic nitrogens is 1. The van der Waals surface area contributed by atoms with Crippen molar-refractivity contribution in [1.29, 1.82) is 0 Å². The summed E-state index contributed by atoms with van der Waals surface area (Å²) < 4.78 is 1.22. The molecule has 0 aromatic carbocycles. The molecule has 1 heterocycles. The summed E-state index contributed by atoms with van der Waals surface area (Å²) in [6.45, 7) is 0. The Labute approximate surface area is 79.5 Å². The number of hydrogen-bond acceptors (Lipinski definition) is 3. The van der Waals surface area contributed by atoms with Gasteiger partial charge in [-0.2, -0.15) is 4.57 Å². The van der Waals surface area contributed by atoms with Gasteiger partial charge in [-0.25, -0.2) is 4.79 Å². The van der Waals surface area contributed by atoms with Crippen LogP contribution in [0.4, 0.5) is 0 Å². The summed E-state index contributed by atoms with van der Waals surface area (Å²) in [5.74, 6) is -2.77. The molecule has 0 aliphatic rings. The molecule has 0 saturated carbocycles. The number of ketones is 1. The fourth-order valence-corrected chi connectivity index (χ4v) is 0.911. The Hall–Kier alpha value is -2.17. The number of pyridine rings is 1. The smallest absolute Gasteiger partial charge is 0.383 e. The van der Waals surface area contributed by atoms with Crippen molar-refractivity contribution in [3.8, 4) is 0 Å². The number of carbonyl (C=O) groups is 2. The Morgan fingerprint density at radius 1 is 1.14 bits per heavy atom. The predicted molar refractivity (Wildman–Crippen MR) is 46.2 cm³/mol. The zero-order valence-electron chi connectivity index (χ0n) is 7.12. The SMILES string of the molecule is O=C(O)C(=O)/C(=C/O)[n+]1ccccc1. The van der Waals surface area contributed by atoms with Crippen LogP contribution in [0, 0.1) is 0 Å². The molecule has 0 unspecified atom stereocenters. The minimum Gasteiger partial charge on any atom is -0.509 e. The van der Waals surface area contributed by atoms with Gasteiger partial charge in [0.1, 0.15) is 0 Å². The van der Waals surface area contributed by atoms with Gasteiger partial charge in [0.2, 0.25) is 0 Å². The molecule has 1 aromatic heterocycles. The Bertz CT molecular complexity index is 383. The molecular weight excluding hydrogens is 186 g/mol. The minimum atomic E-state index is -1.61. The van der Waals surface area contributed by atoms with Gasteiger partial charge in [0.15, 0.2) is 18.7 Å². The van der Waals surface area contributed by atoms with Gasteiger partial charge in [-0.3, -0.25) is 4.79 Å². The van der Waals surface area contributed by atoms with Gasteiger partial charge in [0.25, 0.3) is 0 Å². The molecule has 0 aliphatic carbocycles. The van der Waals surface area contributed by atoms with Crippen LogP contribution in [0.2, 0.25) is 0 Å². The van der Waals surface area contributed by atoms with Crippen molar-refractivity contribution in [2.75, 3.05) is 0 Å². The normalized spacial score (nSPS) is 11.0. The molecule has 1 aromatic rings. The zero-order chi connectivity index (χ0) is 10.6. The van der Waals surface area contributed by atoms with Crippen LogP contribution in [0.3, 0.4) is 0 Å². The van der Waals surface area contributed by atoms with Crippen LogP contribution < -0.4 is 4.57 Å². The third-order valence-electron chi connectivity index (χ3n) is 1.54. The number of hydrogen-bond donors (Lipinski definition) is 2. The Kier molecular flexibility index (Phi) is 2.96. The first kappa shape index (κ1) is 9.91. The minimum absolute atomic E-state index is 0.307. The molecule has 0 fully saturated rings. The fraction of sp³-hybridized carbons (Fsp3) is 0. The van der Waals surface area contributed by atoms with E-state index < -0.39 is 11.8 Å². The summed E-state index contributed by atoms with van der Waals surface area (Å²) in [5.41, 5.74) is -0.307. The van der Waals surface area contributed by atoms with E-state index in [0.29, 0.717) is 6.26 Å². The molecule has 0 spiro atoms. The van der Waals surface area contributed by atoms with E-state index in [0.717, 1.165) is 0 Å². The van der Waals surface area contributed by atoms with E-state index >= 15 is 0 Å². The maximum Gasteiger partial charge on any atom is 0.383 e. The zero-order valence-corrected chi connectivity index (χ0v) is 7.12. The quantitative estimate of drug-likeness (QED) is 0.307. The highest BCUT2D eigenvalue weighted by molar-refractivity contribution is 6.47. The number of aliphatic hydroxyl groups excluding tert-OH is 1. The molecule has 2 N–H and O–H groups in total. The van der Waals surface area contributed by atoms with Crippen molar-refractivity contribution in [3.05, 3.63) is 36.9 Å². The maximum absolute atomic E-state index is 11.0. The van der Waals surface area contributed by atoms with Crippen molar-refractivity contribution >= 4 is 17.4 Å². The van der Waals surface area contributed by atoms with Crippen molar-refractivity contribution < 1.29 is 24.4 Å². The Balaban J connectivity index is 3.07. The van der Waals surface area contributed by atoms with Crippen LogP contribution >= 0.6 is 0 Å². The average Bonchev–Trinajstić information content (AvgIpc) is 2.20. The summed E-state index contributed by atoms with van der Waals surface area (Å²) in [6, 6.07) is 4.92. The van der Waals surface area contributed by atoms with Crippen LogP contribution in [0.15, 0.2) is 36.9 Å². The highest BCUT2D eigenvalue weighted by Gasteiger charge is 2.26. The molecule has 5 nitrogen and oxygen atoms in total. The molecule has 72 valence electrons. The van der Waals surface area contributed by atoms with E-state index in [4.69, 9.17) is 10.2 Å². The lowest BCUT2D eigenvalue weighted by molar-refractivity contribution is -0.578. The monoisotopic (exact) mass is 194 g/mol. The first-order valence-corrected chi connectivity index (χ1v) is 3.75. The third-order valence-corrected chi connectivity index (χ3v) is 1.54. The van der Waals surface area contributed by atoms with Crippen LogP contribution in [-0.2, 0) is 9.59 Å². The number of carbonyl (C=O) groups excluding carboxylic acids is 1. The number of carboxylic acids is 1. The fourth-order valence-electron chi connectivity index (χ4n) is 0.911. The lowest BCUT2D eigenvalue weighted by Gasteiger charge is -1.94. The second kappa shape index (κ2) is 4.18. The van der Waals surface area contributed by atoms with Gasteiger partial charge in [0.05, 0.1) is 0 Å². The van der Waals surface area contributed by atoms with Crippen molar-refractivity contribution in [1.82, 2.24) is 0 Å². The molecule has 0 amide bonds. The Morgan fingerprint density at radius 2 is 1.71 bits per heavy atom. The number of nitrogens with zero attached hydrogens (tertiary/aromatic N) is 1. The van der Waals surface area contributed by atoms with Gasteiger partial charge in [-0.05, 0) is 0 Å². The molecule has 0 radical (unpaired) electrons. The number of rotatable bonds is 3. The van der Waals surface area contributed by atoms with E-state index in [1.54, 1.807) is 18.2 Å². The van der Waals surface area contributed by atoms with E-state index in [-0.39, 0.29) is 5.70 Å². The van der Waals surface area contributed by atoms with Crippen LogP contribution in [0.1, 0.15) is 0 Å². The van der Waals surface area contributed by atoms with E-state index in [1.165, 1.54) is 17.0 Å². The van der Waals surface area contributed by atoms with Gasteiger partial charge in [-0.15, -0.1) is 0 Å². The molecule has 1 rings (SSSR count). The van der Waals surface area contributed by atoms with Crippen molar-refractivity contribution in [2.45, 2.75) is 0 Å². The molecule has 0 saturated heterocycles. The second-order valence-electron chi connectivity index (χ2n) is 2.43. The summed E-state index contributed by atoms with van der Waals surface area (Å²) in [6.07, 6.45) is 3.39. The average molecular weight is 194 g/mol. The molecule has 14 heavy (non-hydrogen) atoms. The number of aliphatic carboxylic acids is 1. The number of Topliss-reactive ketones (excluding diaryl/α,β-unsaturated/α-hetero) is 1. The summed E-state index contributed by atoms with van der Waals surface area (Å²) >= 11 is 0. The van der Waals surface area contributed by atoms with Crippen LogP contribution in [0.5, 0.6) is 0 Å². The number of aliphatic hydroxyl groups is 1. The van der Waals surface area contributed by atoms with Crippen molar-refractivity contribution in [3.63, 3.8) is 0 Å². The van der Waals surface area contributed by atoms with E-state index in [1.807, 2.05) is 0 Å². The highest BCUT2D eigenvalue weighted by Crippen LogP contribution is 1.94. The van der Waals surface area contributed by atoms with E-state index in [9.17, 15) is 9.59 Å². The summed E-state index contributed by atoms with van der Waals surface area (Å²) in [5, 5.41) is 17.2. The maximum atomic E-state index is 11.0. The molecule has 0 aliphatic heterocycles. The van der Waals surface area contributed by atoms with Gasteiger partial charge in [-0.1, -0.05) is 6.07 Å². The van der Waals surface area contributed by atoms with Crippen LogP contribution in [-0.4, -0.2) is 22.0 Å². The highest BCUT2D eigenvalue weighted by atomic mass is 16.4. The van der Waals surface area contributed by atoms with E-state index in [2.05, 4.69) is 0 Å². The molecule has 0 atom stereocenters. The van der Waals surface area contributed by atoms with Crippen molar-refractivity contribution in [2.24, 2.45) is 0 Å². The molecule has 5 heteroatoms. The van der Waals surface area contributed by atoms with Gasteiger partial charge >= 0.3 is 17.4 Å². The lowest BCUT2D eigenvalue weighted by Crippen LogP contribution is -2.38. The summed E-state index contributed by atoms with van der Waals surface area (Å²) in [7, 11) is 0. The third kappa shape index (κ3) is 1.95. The van der Waals surface area contributed by atoms with Gasteiger partial charge in [0, 0.05) is 12.1 Å². The molecule has 0 bridgehead atoms. The second-order valence-corrected chi connectivity index (χ2v) is 2.43. The first-order valence-electron chi connectivity index (χ1n) is 3.75. The lowest BCUT2D eigenvalue weighted by atomic mass is 10.3. The summed E-state index contributed by atoms with van der Waals surface area (Å²) in [4.78, 5) is 21.4. The standard InChI is InChI=1S/C9H7NO4/c11-6-7(8(12)9(13)14)10-4-2-1-3-5-10/h1-6H,(H-,11,12,13,14)/p+1. The molecular formula is C9H8NO4+. The topological polar surface area (TPSA) is 78.5 Å². The Morgan fingerprint density at radius 3 is 2.14 bits per heavy atom. The van der Waals surface area contributed by atoms with Gasteiger partial charge < -0.3 is 10.2 Å². The largest absolute Gasteiger partial charge is 0.509 e.